The number of rotatable bonds is 8. The highest BCUT2D eigenvalue weighted by Crippen LogP contribution is 2.29. The van der Waals surface area contributed by atoms with E-state index < -0.39 is 10.0 Å². The number of amides is 1. The fraction of sp³-hybridized carbons (Fsp3) is 0.381. The molecule has 0 saturated carbocycles. The van der Waals surface area contributed by atoms with Crippen molar-refractivity contribution >= 4 is 15.9 Å². The van der Waals surface area contributed by atoms with Crippen molar-refractivity contribution in [3.63, 3.8) is 0 Å². The number of hydrogen-bond acceptors (Lipinski definition) is 5. The normalized spacial score (nSPS) is 14.6. The molecule has 1 heterocycles. The highest BCUT2D eigenvalue weighted by molar-refractivity contribution is 7.89. The van der Waals surface area contributed by atoms with Crippen molar-refractivity contribution < 1.29 is 22.7 Å². The topological polar surface area (TPSA) is 84.9 Å². The Morgan fingerprint density at radius 3 is 2.52 bits per heavy atom. The van der Waals surface area contributed by atoms with E-state index in [0.717, 1.165) is 24.2 Å². The molecule has 0 aliphatic carbocycles. The Labute approximate surface area is 171 Å². The summed E-state index contributed by atoms with van der Waals surface area (Å²) in [6, 6.07) is 12.1. The van der Waals surface area contributed by atoms with Crippen molar-refractivity contribution in [3.05, 3.63) is 53.6 Å². The summed E-state index contributed by atoms with van der Waals surface area (Å²) in [6.07, 6.45) is 1.67. The lowest BCUT2D eigenvalue weighted by molar-refractivity contribution is 0.0946. The molecule has 7 nitrogen and oxygen atoms in total. The number of hydrogen-bond donors (Lipinski definition) is 1. The van der Waals surface area contributed by atoms with Crippen LogP contribution in [0.25, 0.3) is 0 Å². The first-order valence-electron chi connectivity index (χ1n) is 9.58. The lowest BCUT2D eigenvalue weighted by Crippen LogP contribution is -2.30. The summed E-state index contributed by atoms with van der Waals surface area (Å²) in [5.41, 5.74) is 1.28. The fourth-order valence-electron chi connectivity index (χ4n) is 3.23. The van der Waals surface area contributed by atoms with Crippen molar-refractivity contribution in [3.8, 4) is 11.5 Å². The van der Waals surface area contributed by atoms with Gasteiger partial charge in [0.2, 0.25) is 10.0 Å². The van der Waals surface area contributed by atoms with Crippen LogP contribution >= 0.6 is 0 Å². The number of nitrogens with zero attached hydrogens (tertiary/aromatic N) is 1. The third kappa shape index (κ3) is 4.89. The molecule has 1 aliphatic rings. The summed E-state index contributed by atoms with van der Waals surface area (Å²) < 4.78 is 38.2. The van der Waals surface area contributed by atoms with Crippen LogP contribution in [0.15, 0.2) is 47.4 Å². The summed E-state index contributed by atoms with van der Waals surface area (Å²) in [5, 5.41) is 2.76. The summed E-state index contributed by atoms with van der Waals surface area (Å²) in [5.74, 6) is 0.639. The third-order valence-corrected chi connectivity index (χ3v) is 6.77. The van der Waals surface area contributed by atoms with Crippen LogP contribution in [-0.4, -0.2) is 52.0 Å². The van der Waals surface area contributed by atoms with E-state index in [9.17, 15) is 13.2 Å². The summed E-state index contributed by atoms with van der Waals surface area (Å²) in [6.45, 7) is 3.53. The average Bonchev–Trinajstić information content (AvgIpc) is 3.27. The molecule has 156 valence electrons. The van der Waals surface area contributed by atoms with Gasteiger partial charge >= 0.3 is 0 Å². The molecule has 2 aromatic rings. The molecule has 0 unspecified atom stereocenters. The van der Waals surface area contributed by atoms with Gasteiger partial charge in [-0.15, -0.1) is 0 Å². The summed E-state index contributed by atoms with van der Waals surface area (Å²) in [7, 11) is -2.28. The Morgan fingerprint density at radius 1 is 1.10 bits per heavy atom. The van der Waals surface area contributed by atoms with Crippen LogP contribution in [0.2, 0.25) is 0 Å². The minimum Gasteiger partial charge on any atom is -0.495 e. The Kier molecular flexibility index (Phi) is 6.76. The van der Waals surface area contributed by atoms with E-state index in [1.54, 1.807) is 6.07 Å². The lowest BCUT2D eigenvalue weighted by atomic mass is 10.2. The predicted octanol–water partition coefficient (Wildman–Crippen LogP) is 2.60. The van der Waals surface area contributed by atoms with Gasteiger partial charge in [-0.1, -0.05) is 18.2 Å². The third-order valence-electron chi connectivity index (χ3n) is 4.85. The molecule has 8 heteroatoms. The smallest absolute Gasteiger partial charge is 0.251 e. The standard InChI is InChI=1S/C21H26N2O5S/c1-16-7-3-4-8-18(16)28-14-11-22-21(24)17-9-10-19(27-2)20(15-17)29(25,26)23-12-5-6-13-23/h3-4,7-10,15H,5-6,11-14H2,1-2H3,(H,22,24). The van der Waals surface area contributed by atoms with Gasteiger partial charge in [-0.25, -0.2) is 8.42 Å². The van der Waals surface area contributed by atoms with Gasteiger partial charge in [-0.2, -0.15) is 4.31 Å². The Morgan fingerprint density at radius 2 is 1.83 bits per heavy atom. The molecule has 0 aromatic heterocycles. The maximum Gasteiger partial charge on any atom is 0.251 e. The number of sulfonamides is 1. The minimum atomic E-state index is -3.70. The average molecular weight is 419 g/mol. The number of benzene rings is 2. The van der Waals surface area contributed by atoms with Gasteiger partial charge in [0.1, 0.15) is 23.0 Å². The van der Waals surface area contributed by atoms with E-state index in [4.69, 9.17) is 9.47 Å². The van der Waals surface area contributed by atoms with Crippen LogP contribution in [-0.2, 0) is 10.0 Å². The quantitative estimate of drug-likeness (QED) is 0.666. The second-order valence-corrected chi connectivity index (χ2v) is 8.75. The van der Waals surface area contributed by atoms with E-state index in [0.29, 0.717) is 26.2 Å². The Bertz CT molecular complexity index is 969. The van der Waals surface area contributed by atoms with E-state index >= 15 is 0 Å². The van der Waals surface area contributed by atoms with Gasteiger partial charge in [0.15, 0.2) is 0 Å². The van der Waals surface area contributed by atoms with Gasteiger partial charge < -0.3 is 14.8 Å². The minimum absolute atomic E-state index is 0.0192. The molecule has 1 N–H and O–H groups in total. The zero-order chi connectivity index (χ0) is 20.9. The SMILES string of the molecule is COc1ccc(C(=O)NCCOc2ccccc2C)cc1S(=O)(=O)N1CCCC1. The molecule has 29 heavy (non-hydrogen) atoms. The molecular formula is C21H26N2O5S. The largest absolute Gasteiger partial charge is 0.495 e. The van der Waals surface area contributed by atoms with Crippen LogP contribution in [0.4, 0.5) is 0 Å². The molecule has 0 spiro atoms. The van der Waals surface area contributed by atoms with Gasteiger partial charge in [-0.05, 0) is 49.6 Å². The van der Waals surface area contributed by atoms with Crippen LogP contribution in [0, 0.1) is 6.92 Å². The molecule has 1 saturated heterocycles. The van der Waals surface area contributed by atoms with E-state index in [-0.39, 0.29) is 22.1 Å². The number of carbonyl (C=O) groups is 1. The van der Waals surface area contributed by atoms with Crippen molar-refractivity contribution in [2.75, 3.05) is 33.4 Å². The van der Waals surface area contributed by atoms with E-state index in [1.165, 1.54) is 23.5 Å². The number of carbonyl (C=O) groups excluding carboxylic acids is 1. The number of para-hydroxylation sites is 1. The second kappa shape index (κ2) is 9.28. The molecule has 1 aliphatic heterocycles. The number of aryl methyl sites for hydroxylation is 1. The van der Waals surface area contributed by atoms with Crippen molar-refractivity contribution in [2.45, 2.75) is 24.7 Å². The first-order valence-corrected chi connectivity index (χ1v) is 11.0. The van der Waals surface area contributed by atoms with Gasteiger partial charge in [0.25, 0.3) is 5.91 Å². The van der Waals surface area contributed by atoms with Gasteiger partial charge in [0, 0.05) is 18.7 Å². The van der Waals surface area contributed by atoms with E-state index in [1.807, 2.05) is 31.2 Å². The number of ether oxygens (including phenoxy) is 2. The molecule has 0 bridgehead atoms. The molecule has 2 aromatic carbocycles. The van der Waals surface area contributed by atoms with Crippen LogP contribution in [0.5, 0.6) is 11.5 Å². The predicted molar refractivity (Wildman–Crippen MR) is 110 cm³/mol. The summed E-state index contributed by atoms with van der Waals surface area (Å²) in [4.78, 5) is 12.5. The van der Waals surface area contributed by atoms with Crippen molar-refractivity contribution in [1.29, 1.82) is 0 Å². The van der Waals surface area contributed by atoms with Crippen molar-refractivity contribution in [1.82, 2.24) is 9.62 Å². The zero-order valence-electron chi connectivity index (χ0n) is 16.7. The molecule has 3 rings (SSSR count). The Hall–Kier alpha value is -2.58. The number of methoxy groups -OCH3 is 1. The molecule has 1 fully saturated rings. The monoisotopic (exact) mass is 418 g/mol. The molecule has 1 amide bonds. The van der Waals surface area contributed by atoms with Gasteiger partial charge in [0.05, 0.1) is 13.7 Å². The highest BCUT2D eigenvalue weighted by Gasteiger charge is 2.30. The molecule has 0 atom stereocenters. The van der Waals surface area contributed by atoms with Crippen LogP contribution in [0.3, 0.4) is 0 Å². The second-order valence-electron chi connectivity index (χ2n) is 6.85. The number of nitrogens with one attached hydrogen (secondary N) is 1. The first-order chi connectivity index (χ1) is 13.9. The van der Waals surface area contributed by atoms with Crippen LogP contribution in [0.1, 0.15) is 28.8 Å². The summed E-state index contributed by atoms with van der Waals surface area (Å²) >= 11 is 0. The van der Waals surface area contributed by atoms with Crippen LogP contribution < -0.4 is 14.8 Å². The zero-order valence-corrected chi connectivity index (χ0v) is 17.5. The maximum absolute atomic E-state index is 12.9. The molecule has 0 radical (unpaired) electrons. The first kappa shape index (κ1) is 21.1. The lowest BCUT2D eigenvalue weighted by Gasteiger charge is -2.18. The van der Waals surface area contributed by atoms with Gasteiger partial charge in [-0.3, -0.25) is 4.79 Å². The van der Waals surface area contributed by atoms with E-state index in [2.05, 4.69) is 5.32 Å². The fourth-order valence-corrected chi connectivity index (χ4v) is 4.93. The Balaban J connectivity index is 1.67. The van der Waals surface area contributed by atoms with Crippen molar-refractivity contribution in [2.24, 2.45) is 0 Å². The maximum atomic E-state index is 12.9. The molecular weight excluding hydrogens is 392 g/mol. The highest BCUT2D eigenvalue weighted by atomic mass is 32.2.